The molecule has 1 saturated heterocycles. The second-order valence-electron chi connectivity index (χ2n) is 7.65. The number of anilines is 1. The van der Waals surface area contributed by atoms with E-state index >= 15 is 0 Å². The largest absolute Gasteiger partial charge is 0.462 e. The highest BCUT2D eigenvalue weighted by Crippen LogP contribution is 2.29. The van der Waals surface area contributed by atoms with E-state index in [9.17, 15) is 18.8 Å². The van der Waals surface area contributed by atoms with Crippen LogP contribution in [-0.2, 0) is 9.53 Å². The average molecular weight is 455 g/mol. The Hall–Kier alpha value is -3.26. The monoisotopic (exact) mass is 454 g/mol. The van der Waals surface area contributed by atoms with E-state index in [0.29, 0.717) is 48.7 Å². The number of amides is 2. The number of piperidine rings is 1. The third kappa shape index (κ3) is 4.80. The van der Waals surface area contributed by atoms with Gasteiger partial charge < -0.3 is 15.0 Å². The molecule has 4 rings (SSSR count). The summed E-state index contributed by atoms with van der Waals surface area (Å²) in [5.74, 6) is -1.15. The fourth-order valence-corrected chi connectivity index (χ4v) is 4.72. The predicted molar refractivity (Wildman–Crippen MR) is 121 cm³/mol. The van der Waals surface area contributed by atoms with Gasteiger partial charge in [0.05, 0.1) is 6.61 Å². The molecule has 166 valence electrons. The number of rotatable bonds is 5. The van der Waals surface area contributed by atoms with Crippen molar-refractivity contribution in [2.75, 3.05) is 25.0 Å². The van der Waals surface area contributed by atoms with Crippen LogP contribution in [0.1, 0.15) is 39.8 Å². The molecule has 1 aromatic heterocycles. The Morgan fingerprint density at radius 2 is 1.81 bits per heavy atom. The molecule has 1 fully saturated rings. The van der Waals surface area contributed by atoms with Crippen LogP contribution in [0.15, 0.2) is 48.5 Å². The van der Waals surface area contributed by atoms with E-state index in [2.05, 4.69) is 5.32 Å². The number of carbonyl (C=O) groups excluding carboxylic acids is 3. The van der Waals surface area contributed by atoms with Gasteiger partial charge in [-0.2, -0.15) is 0 Å². The van der Waals surface area contributed by atoms with Crippen LogP contribution in [0, 0.1) is 11.7 Å². The minimum Gasteiger partial charge on any atom is -0.462 e. The Morgan fingerprint density at radius 1 is 1.09 bits per heavy atom. The highest BCUT2D eigenvalue weighted by molar-refractivity contribution is 7.20. The summed E-state index contributed by atoms with van der Waals surface area (Å²) in [6, 6.07) is 12.8. The Balaban J connectivity index is 1.35. The number of benzene rings is 2. The summed E-state index contributed by atoms with van der Waals surface area (Å²) in [5, 5.41) is 3.82. The van der Waals surface area contributed by atoms with Crippen molar-refractivity contribution in [3.05, 3.63) is 64.8 Å². The number of likely N-dealkylation sites (tertiary alicyclic amines) is 1. The summed E-state index contributed by atoms with van der Waals surface area (Å²) in [7, 11) is 0. The zero-order valence-corrected chi connectivity index (χ0v) is 18.4. The first kappa shape index (κ1) is 22.0. The van der Waals surface area contributed by atoms with Crippen LogP contribution in [0.25, 0.3) is 10.1 Å². The van der Waals surface area contributed by atoms with Gasteiger partial charge in [-0.3, -0.25) is 9.59 Å². The molecule has 6 nitrogen and oxygen atoms in total. The van der Waals surface area contributed by atoms with Gasteiger partial charge in [0.2, 0.25) is 5.91 Å². The maximum absolute atomic E-state index is 13.1. The van der Waals surface area contributed by atoms with Gasteiger partial charge in [-0.05, 0) is 73.7 Å². The Labute approximate surface area is 189 Å². The lowest BCUT2D eigenvalue weighted by molar-refractivity contribution is -0.121. The first-order valence-corrected chi connectivity index (χ1v) is 11.3. The summed E-state index contributed by atoms with van der Waals surface area (Å²) in [6.07, 6.45) is 1.12. The summed E-state index contributed by atoms with van der Waals surface area (Å²) >= 11 is 1.36. The van der Waals surface area contributed by atoms with Crippen molar-refractivity contribution >= 4 is 44.9 Å². The zero-order valence-electron chi connectivity index (χ0n) is 17.6. The first-order chi connectivity index (χ1) is 15.4. The van der Waals surface area contributed by atoms with Crippen LogP contribution in [0.2, 0.25) is 0 Å². The lowest BCUT2D eigenvalue weighted by Gasteiger charge is -2.31. The molecule has 1 N–H and O–H groups in total. The summed E-state index contributed by atoms with van der Waals surface area (Å²) in [5.41, 5.74) is 1.11. The van der Waals surface area contributed by atoms with E-state index in [-0.39, 0.29) is 29.5 Å². The highest BCUT2D eigenvalue weighted by Gasteiger charge is 2.28. The van der Waals surface area contributed by atoms with Crippen LogP contribution in [0.4, 0.5) is 10.1 Å². The molecule has 0 bridgehead atoms. The Morgan fingerprint density at radius 3 is 2.50 bits per heavy atom. The van der Waals surface area contributed by atoms with Gasteiger partial charge in [0.15, 0.2) is 0 Å². The van der Waals surface area contributed by atoms with Gasteiger partial charge in [-0.15, -0.1) is 11.3 Å². The molecule has 1 aliphatic rings. The molecule has 1 aliphatic heterocycles. The average Bonchev–Trinajstić information content (AvgIpc) is 3.23. The van der Waals surface area contributed by atoms with E-state index in [1.165, 1.54) is 35.6 Å². The summed E-state index contributed by atoms with van der Waals surface area (Å²) < 4.78 is 19.1. The molecule has 8 heteroatoms. The van der Waals surface area contributed by atoms with Gasteiger partial charge in [0, 0.05) is 35.0 Å². The van der Waals surface area contributed by atoms with Crippen LogP contribution < -0.4 is 5.32 Å². The minimum absolute atomic E-state index is 0.0842. The number of thiophene rings is 1. The number of hydrogen-bond acceptors (Lipinski definition) is 5. The predicted octanol–water partition coefficient (Wildman–Crippen LogP) is 4.71. The minimum atomic E-state index is -0.380. The van der Waals surface area contributed by atoms with Crippen molar-refractivity contribution in [1.82, 2.24) is 4.90 Å². The van der Waals surface area contributed by atoms with Crippen molar-refractivity contribution in [2.24, 2.45) is 5.92 Å². The van der Waals surface area contributed by atoms with Crippen LogP contribution in [0.3, 0.4) is 0 Å². The normalized spacial score (nSPS) is 14.4. The van der Waals surface area contributed by atoms with Crippen molar-refractivity contribution in [2.45, 2.75) is 19.8 Å². The molecule has 2 heterocycles. The molecule has 0 atom stereocenters. The SMILES string of the molecule is CCOC(=O)c1cc2cc(NC(=O)C3CCN(C(=O)c4ccc(F)cc4)CC3)ccc2s1. The number of fused-ring (bicyclic) bond motifs is 1. The van der Waals surface area contributed by atoms with E-state index in [0.717, 1.165) is 10.1 Å². The number of nitrogens with zero attached hydrogens (tertiary/aromatic N) is 1. The van der Waals surface area contributed by atoms with E-state index in [1.54, 1.807) is 17.9 Å². The smallest absolute Gasteiger partial charge is 0.348 e. The van der Waals surface area contributed by atoms with Crippen molar-refractivity contribution in [3.63, 3.8) is 0 Å². The molecule has 0 unspecified atom stereocenters. The molecule has 0 saturated carbocycles. The fourth-order valence-electron chi connectivity index (χ4n) is 3.79. The quantitative estimate of drug-likeness (QED) is 0.567. The van der Waals surface area contributed by atoms with Gasteiger partial charge in [0.1, 0.15) is 10.7 Å². The molecule has 3 aromatic rings. The fraction of sp³-hybridized carbons (Fsp3) is 0.292. The molecule has 0 aliphatic carbocycles. The second-order valence-corrected chi connectivity index (χ2v) is 8.73. The molecular formula is C24H23FN2O4S. The maximum Gasteiger partial charge on any atom is 0.348 e. The molecule has 2 aromatic carbocycles. The van der Waals surface area contributed by atoms with Gasteiger partial charge in [-0.25, -0.2) is 9.18 Å². The molecule has 32 heavy (non-hydrogen) atoms. The number of ether oxygens (including phenoxy) is 1. The zero-order chi connectivity index (χ0) is 22.7. The van der Waals surface area contributed by atoms with Gasteiger partial charge in [0.25, 0.3) is 5.91 Å². The molecule has 0 radical (unpaired) electrons. The lowest BCUT2D eigenvalue weighted by atomic mass is 9.95. The number of nitrogens with one attached hydrogen (secondary N) is 1. The highest BCUT2D eigenvalue weighted by atomic mass is 32.1. The molecule has 0 spiro atoms. The van der Waals surface area contributed by atoms with Gasteiger partial charge in [-0.1, -0.05) is 0 Å². The number of halogens is 1. The van der Waals surface area contributed by atoms with Crippen LogP contribution in [-0.4, -0.2) is 42.4 Å². The molecule has 2 amide bonds. The van der Waals surface area contributed by atoms with Crippen molar-refractivity contribution < 1.29 is 23.5 Å². The summed E-state index contributed by atoms with van der Waals surface area (Å²) in [4.78, 5) is 39.5. The standard InChI is InChI=1S/C24H23FN2O4S/c1-2-31-24(30)21-14-17-13-19(7-8-20(17)32-21)26-22(28)15-9-11-27(12-10-15)23(29)16-3-5-18(25)6-4-16/h3-8,13-15H,2,9-12H2,1H3,(H,26,28). The third-order valence-electron chi connectivity index (χ3n) is 5.50. The number of esters is 1. The van der Waals surface area contributed by atoms with E-state index in [1.807, 2.05) is 18.2 Å². The Kier molecular flexibility index (Phi) is 6.50. The first-order valence-electron chi connectivity index (χ1n) is 10.5. The van der Waals surface area contributed by atoms with Crippen molar-refractivity contribution in [3.8, 4) is 0 Å². The lowest BCUT2D eigenvalue weighted by Crippen LogP contribution is -2.41. The van der Waals surface area contributed by atoms with Gasteiger partial charge >= 0.3 is 5.97 Å². The maximum atomic E-state index is 13.1. The van der Waals surface area contributed by atoms with Crippen molar-refractivity contribution in [1.29, 1.82) is 0 Å². The number of carbonyl (C=O) groups is 3. The van der Waals surface area contributed by atoms with Crippen LogP contribution in [0.5, 0.6) is 0 Å². The number of hydrogen-bond donors (Lipinski definition) is 1. The third-order valence-corrected chi connectivity index (χ3v) is 6.60. The van der Waals surface area contributed by atoms with Crippen LogP contribution >= 0.6 is 11.3 Å². The Bertz CT molecular complexity index is 1150. The second kappa shape index (κ2) is 9.48. The van der Waals surface area contributed by atoms with E-state index in [4.69, 9.17) is 4.74 Å². The van der Waals surface area contributed by atoms with E-state index < -0.39 is 0 Å². The molecular weight excluding hydrogens is 431 g/mol. The topological polar surface area (TPSA) is 75.7 Å². The summed E-state index contributed by atoms with van der Waals surface area (Å²) in [6.45, 7) is 3.03.